The third kappa shape index (κ3) is 1.31. The maximum absolute atomic E-state index is 12.7. The van der Waals surface area contributed by atoms with Gasteiger partial charge >= 0.3 is 5.97 Å². The number of carbonyl (C=O) groups is 3. The maximum Gasteiger partial charge on any atom is 0.338 e. The van der Waals surface area contributed by atoms with Crippen LogP contribution >= 0.6 is 0 Å². The fourth-order valence-corrected chi connectivity index (χ4v) is 4.42. The molecule has 1 saturated carbocycles. The topological polar surface area (TPSA) is 63.7 Å². The Kier molecular flexibility index (Phi) is 2.13. The Bertz CT molecular complexity index is 751. The van der Waals surface area contributed by atoms with Gasteiger partial charge in [-0.15, -0.1) is 0 Å². The lowest BCUT2D eigenvalue weighted by atomic mass is 9.85. The molecule has 4 unspecified atom stereocenters. The number of cyclic esters (lactones) is 1. The number of nitrogens with zero attached hydrogens (tertiary/aromatic N) is 1. The lowest BCUT2D eigenvalue weighted by molar-refractivity contribution is -0.123. The highest BCUT2D eigenvalue weighted by atomic mass is 16.5. The lowest BCUT2D eigenvalue weighted by Gasteiger charge is -2.17. The molecule has 4 atom stereocenters. The van der Waals surface area contributed by atoms with Crippen LogP contribution in [-0.2, 0) is 20.9 Å². The highest BCUT2D eigenvalue weighted by Crippen LogP contribution is 2.53. The number of fused-ring (bicyclic) bond motifs is 6. The average molecular weight is 295 g/mol. The molecule has 0 aromatic heterocycles. The van der Waals surface area contributed by atoms with Crippen LogP contribution in [0.25, 0.3) is 0 Å². The van der Waals surface area contributed by atoms with E-state index in [9.17, 15) is 14.4 Å². The summed E-state index contributed by atoms with van der Waals surface area (Å²) in [6.45, 7) is 0.206. The van der Waals surface area contributed by atoms with E-state index in [2.05, 4.69) is 12.2 Å². The molecule has 1 aromatic rings. The van der Waals surface area contributed by atoms with Crippen molar-refractivity contribution in [3.05, 3.63) is 41.5 Å². The largest absolute Gasteiger partial charge is 0.457 e. The number of rotatable bonds is 1. The Morgan fingerprint density at radius 2 is 1.68 bits per heavy atom. The molecule has 22 heavy (non-hydrogen) atoms. The summed E-state index contributed by atoms with van der Waals surface area (Å²) in [4.78, 5) is 38.3. The van der Waals surface area contributed by atoms with Crippen molar-refractivity contribution in [1.82, 2.24) is 0 Å². The van der Waals surface area contributed by atoms with Gasteiger partial charge < -0.3 is 4.74 Å². The molecule has 2 amide bonds. The van der Waals surface area contributed by atoms with Gasteiger partial charge in [0.05, 0.1) is 23.1 Å². The molecule has 5 nitrogen and oxygen atoms in total. The molecule has 1 aromatic carbocycles. The fourth-order valence-electron chi connectivity index (χ4n) is 4.42. The van der Waals surface area contributed by atoms with Crippen molar-refractivity contribution in [2.24, 2.45) is 23.7 Å². The van der Waals surface area contributed by atoms with Gasteiger partial charge in [0.1, 0.15) is 6.61 Å². The van der Waals surface area contributed by atoms with Gasteiger partial charge in [0.2, 0.25) is 11.8 Å². The second kappa shape index (κ2) is 3.85. The molecule has 2 heterocycles. The number of imide groups is 1. The van der Waals surface area contributed by atoms with Crippen LogP contribution < -0.4 is 4.90 Å². The monoisotopic (exact) mass is 295 g/mol. The molecular weight excluding hydrogens is 282 g/mol. The number of hydrogen-bond acceptors (Lipinski definition) is 4. The molecule has 2 bridgehead atoms. The Labute approximate surface area is 126 Å². The second-order valence-corrected chi connectivity index (χ2v) is 6.43. The smallest absolute Gasteiger partial charge is 0.338 e. The van der Waals surface area contributed by atoms with Crippen LogP contribution in [0, 0.1) is 23.7 Å². The number of esters is 1. The molecule has 0 spiro atoms. The molecule has 5 rings (SSSR count). The zero-order valence-corrected chi connectivity index (χ0v) is 11.7. The van der Waals surface area contributed by atoms with Crippen molar-refractivity contribution < 1.29 is 19.1 Å². The van der Waals surface area contributed by atoms with Gasteiger partial charge in [-0.1, -0.05) is 12.2 Å². The maximum atomic E-state index is 12.7. The van der Waals surface area contributed by atoms with Gasteiger partial charge in [0.15, 0.2) is 0 Å². The first-order valence-electron chi connectivity index (χ1n) is 7.51. The van der Waals surface area contributed by atoms with Crippen LogP contribution in [0.15, 0.2) is 30.4 Å². The van der Waals surface area contributed by atoms with E-state index < -0.39 is 0 Å². The number of benzene rings is 1. The van der Waals surface area contributed by atoms with Gasteiger partial charge in [-0.05, 0) is 36.5 Å². The second-order valence-electron chi connectivity index (χ2n) is 6.43. The summed E-state index contributed by atoms with van der Waals surface area (Å²) < 4.78 is 4.98. The zero-order valence-electron chi connectivity index (χ0n) is 11.7. The average Bonchev–Trinajstić information content (AvgIpc) is 3.24. The Hall–Kier alpha value is -2.43. The highest BCUT2D eigenvalue weighted by molar-refractivity contribution is 6.23. The predicted molar refractivity (Wildman–Crippen MR) is 75.8 cm³/mol. The number of hydrogen-bond donors (Lipinski definition) is 0. The summed E-state index contributed by atoms with van der Waals surface area (Å²) >= 11 is 0. The minimum absolute atomic E-state index is 0.1000. The van der Waals surface area contributed by atoms with Crippen molar-refractivity contribution in [2.75, 3.05) is 4.90 Å². The molecule has 2 fully saturated rings. The van der Waals surface area contributed by atoms with Crippen LogP contribution in [0.3, 0.4) is 0 Å². The Morgan fingerprint density at radius 3 is 2.36 bits per heavy atom. The van der Waals surface area contributed by atoms with Crippen LogP contribution in [0.5, 0.6) is 0 Å². The molecule has 2 aliphatic heterocycles. The first-order valence-corrected chi connectivity index (χ1v) is 7.51. The van der Waals surface area contributed by atoms with Crippen molar-refractivity contribution in [3.8, 4) is 0 Å². The van der Waals surface area contributed by atoms with Gasteiger partial charge in [-0.2, -0.15) is 0 Å². The summed E-state index contributed by atoms with van der Waals surface area (Å²) in [7, 11) is 0. The molecule has 0 N–H and O–H groups in total. The summed E-state index contributed by atoms with van der Waals surface area (Å²) in [6.07, 6.45) is 5.08. The first kappa shape index (κ1) is 12.1. The zero-order chi connectivity index (χ0) is 15.0. The minimum atomic E-state index is -0.347. The molecule has 1 saturated heterocycles. The summed E-state index contributed by atoms with van der Waals surface area (Å²) in [5.41, 5.74) is 1.81. The lowest BCUT2D eigenvalue weighted by Crippen LogP contribution is -2.32. The number of anilines is 1. The van der Waals surface area contributed by atoms with E-state index in [0.29, 0.717) is 11.3 Å². The van der Waals surface area contributed by atoms with Gasteiger partial charge in [0, 0.05) is 5.56 Å². The van der Waals surface area contributed by atoms with E-state index in [1.807, 2.05) is 0 Å². The summed E-state index contributed by atoms with van der Waals surface area (Å²) in [5, 5.41) is 0. The van der Waals surface area contributed by atoms with E-state index in [1.165, 1.54) is 4.90 Å². The number of amides is 2. The van der Waals surface area contributed by atoms with E-state index in [0.717, 1.165) is 12.0 Å². The van der Waals surface area contributed by atoms with E-state index in [-0.39, 0.29) is 48.1 Å². The normalized spacial score (nSPS) is 34.4. The van der Waals surface area contributed by atoms with Crippen molar-refractivity contribution in [2.45, 2.75) is 13.0 Å². The third-order valence-corrected chi connectivity index (χ3v) is 5.40. The molecule has 2 aliphatic carbocycles. The van der Waals surface area contributed by atoms with Gasteiger partial charge in [-0.3, -0.25) is 14.5 Å². The highest BCUT2D eigenvalue weighted by Gasteiger charge is 2.59. The first-order chi connectivity index (χ1) is 10.6. The number of allylic oxidation sites excluding steroid dienone is 2. The Morgan fingerprint density at radius 1 is 1.00 bits per heavy atom. The molecule has 4 aliphatic rings. The Balaban J connectivity index is 1.56. The standard InChI is InChI=1S/C17H13NO4/c19-15-13-8-1-2-9(5-8)14(13)16(20)18(15)11-3-4-12-10(6-11)7-22-17(12)21/h1-4,6,8-9,13-14H,5,7H2. The van der Waals surface area contributed by atoms with Crippen LogP contribution in [0.4, 0.5) is 5.69 Å². The van der Waals surface area contributed by atoms with Crippen LogP contribution in [0.1, 0.15) is 22.3 Å². The van der Waals surface area contributed by atoms with E-state index in [4.69, 9.17) is 4.74 Å². The van der Waals surface area contributed by atoms with Crippen molar-refractivity contribution >= 4 is 23.5 Å². The van der Waals surface area contributed by atoms with Gasteiger partial charge in [0.25, 0.3) is 0 Å². The molecule has 0 radical (unpaired) electrons. The summed E-state index contributed by atoms with van der Waals surface area (Å²) in [5.74, 6) is -0.539. The molecule has 110 valence electrons. The van der Waals surface area contributed by atoms with Crippen LogP contribution in [0.2, 0.25) is 0 Å². The van der Waals surface area contributed by atoms with Crippen molar-refractivity contribution in [1.29, 1.82) is 0 Å². The minimum Gasteiger partial charge on any atom is -0.457 e. The van der Waals surface area contributed by atoms with Crippen molar-refractivity contribution in [3.63, 3.8) is 0 Å². The quantitative estimate of drug-likeness (QED) is 0.449. The van der Waals surface area contributed by atoms with E-state index in [1.54, 1.807) is 18.2 Å². The fraction of sp³-hybridized carbons (Fsp3) is 0.353. The summed E-state index contributed by atoms with van der Waals surface area (Å²) in [6, 6.07) is 5.03. The van der Waals surface area contributed by atoms with Crippen LogP contribution in [-0.4, -0.2) is 17.8 Å². The molecular formula is C17H13NO4. The van der Waals surface area contributed by atoms with E-state index >= 15 is 0 Å². The number of carbonyl (C=O) groups excluding carboxylic acids is 3. The molecule has 5 heteroatoms. The predicted octanol–water partition coefficient (Wildman–Crippen LogP) is 1.67. The third-order valence-electron chi connectivity index (χ3n) is 5.40. The number of ether oxygens (including phenoxy) is 1. The SMILES string of the molecule is O=C1OCc2cc(N3C(=O)C4C5C=CC(C5)C4C3=O)ccc21. The van der Waals surface area contributed by atoms with Gasteiger partial charge in [-0.25, -0.2) is 4.79 Å².